The summed E-state index contributed by atoms with van der Waals surface area (Å²) in [5.41, 5.74) is 0.0597. The quantitative estimate of drug-likeness (QED) is 0.109. The monoisotopic (exact) mass is 486 g/mol. The molecule has 1 aliphatic rings. The third-order valence-corrected chi connectivity index (χ3v) is 8.52. The van der Waals surface area contributed by atoms with Crippen LogP contribution in [0.15, 0.2) is 11.6 Å². The highest BCUT2D eigenvalue weighted by molar-refractivity contribution is 7.81. The molecule has 0 aliphatic heterocycles. The number of aliphatic hydroxyl groups excluding tert-OH is 1. The highest BCUT2D eigenvalue weighted by Crippen LogP contribution is 2.36. The van der Waals surface area contributed by atoms with Crippen LogP contribution in [0.3, 0.4) is 0 Å². The maximum atomic E-state index is 10.8. The van der Waals surface area contributed by atoms with Crippen LogP contribution < -0.4 is 0 Å². The van der Waals surface area contributed by atoms with Gasteiger partial charge in [-0.05, 0) is 76.5 Å². The van der Waals surface area contributed by atoms with Gasteiger partial charge >= 0.3 is 0 Å². The third kappa shape index (κ3) is 13.6. The summed E-state index contributed by atoms with van der Waals surface area (Å²) in [5, 5.41) is 31.8. The summed E-state index contributed by atoms with van der Waals surface area (Å²) < 4.78 is 0. The molecule has 0 saturated carbocycles. The zero-order chi connectivity index (χ0) is 25.7. The third-order valence-electron chi connectivity index (χ3n) is 7.72. The molecule has 0 fully saturated rings. The number of thiol groups is 1. The van der Waals surface area contributed by atoms with E-state index in [1.165, 1.54) is 18.4 Å². The van der Waals surface area contributed by atoms with Gasteiger partial charge in [0.1, 0.15) is 0 Å². The maximum absolute atomic E-state index is 10.8. The molecule has 4 heteroatoms. The summed E-state index contributed by atoms with van der Waals surface area (Å²) in [4.78, 5) is 0. The Labute approximate surface area is 212 Å². The van der Waals surface area contributed by atoms with Crippen molar-refractivity contribution < 1.29 is 15.3 Å². The van der Waals surface area contributed by atoms with Gasteiger partial charge in [0.05, 0.1) is 17.3 Å². The summed E-state index contributed by atoms with van der Waals surface area (Å²) >= 11 is 4.81. The molecule has 0 aromatic heterocycles. The molecule has 1 aliphatic carbocycles. The molecule has 198 valence electrons. The predicted octanol–water partition coefficient (Wildman–Crippen LogP) is 7.72. The van der Waals surface area contributed by atoms with Crippen molar-refractivity contribution in [3.8, 4) is 0 Å². The Kier molecular flexibility index (Phi) is 16.6. The molecule has 0 radical (unpaired) electrons. The van der Waals surface area contributed by atoms with Crippen molar-refractivity contribution in [3.05, 3.63) is 11.6 Å². The van der Waals surface area contributed by atoms with Gasteiger partial charge in [-0.25, -0.2) is 0 Å². The van der Waals surface area contributed by atoms with Crippen molar-refractivity contribution in [2.75, 3.05) is 0 Å². The second kappa shape index (κ2) is 16.6. The van der Waals surface area contributed by atoms with Gasteiger partial charge in [-0.2, -0.15) is 12.6 Å². The fourth-order valence-electron chi connectivity index (χ4n) is 4.88. The van der Waals surface area contributed by atoms with Gasteiger partial charge in [0, 0.05) is 5.25 Å². The minimum atomic E-state index is -0.642. The molecular weight excluding hydrogens is 428 g/mol. The Balaban J connectivity index is 0.00000497. The zero-order valence-electron chi connectivity index (χ0n) is 23.2. The van der Waals surface area contributed by atoms with Crippen LogP contribution in [0.2, 0.25) is 0 Å². The van der Waals surface area contributed by atoms with Crippen molar-refractivity contribution in [1.29, 1.82) is 0 Å². The standard InChI is InChI=1S/C27H52O3S.C2H6/c1-7-8-9-15-26(5,29)17-11-18-27(6,30)16-10-12-20(2)13-14-23-19-24(28)21(3)22(4)25(23)31;1-2/h19-22,24-25,28-31H,7-18H2,1-6H3;1-2H3. The smallest absolute Gasteiger partial charge is 0.0752 e. The zero-order valence-corrected chi connectivity index (χ0v) is 24.1. The van der Waals surface area contributed by atoms with Crippen molar-refractivity contribution in [2.24, 2.45) is 17.8 Å². The van der Waals surface area contributed by atoms with Crippen LogP contribution in [0.5, 0.6) is 0 Å². The second-order valence-electron chi connectivity index (χ2n) is 11.2. The van der Waals surface area contributed by atoms with Crippen molar-refractivity contribution >= 4 is 12.6 Å². The molecule has 0 spiro atoms. The second-order valence-corrected chi connectivity index (χ2v) is 11.8. The van der Waals surface area contributed by atoms with Crippen LogP contribution in [-0.4, -0.2) is 37.9 Å². The van der Waals surface area contributed by atoms with Crippen LogP contribution >= 0.6 is 12.6 Å². The number of hydrogen-bond acceptors (Lipinski definition) is 4. The lowest BCUT2D eigenvalue weighted by atomic mass is 9.78. The van der Waals surface area contributed by atoms with E-state index in [1.807, 2.05) is 33.8 Å². The average molecular weight is 487 g/mol. The van der Waals surface area contributed by atoms with Gasteiger partial charge in [0.2, 0.25) is 0 Å². The van der Waals surface area contributed by atoms with Gasteiger partial charge in [-0.3, -0.25) is 0 Å². The first-order chi connectivity index (χ1) is 15.4. The van der Waals surface area contributed by atoms with E-state index in [-0.39, 0.29) is 17.3 Å². The lowest BCUT2D eigenvalue weighted by Crippen LogP contribution is -2.34. The van der Waals surface area contributed by atoms with Gasteiger partial charge in [0.25, 0.3) is 0 Å². The van der Waals surface area contributed by atoms with E-state index in [1.54, 1.807) is 0 Å². The van der Waals surface area contributed by atoms with Crippen molar-refractivity contribution in [1.82, 2.24) is 0 Å². The van der Waals surface area contributed by atoms with E-state index >= 15 is 0 Å². The van der Waals surface area contributed by atoms with E-state index in [2.05, 4.69) is 27.7 Å². The molecule has 0 amide bonds. The number of aliphatic hydroxyl groups is 3. The molecule has 0 bridgehead atoms. The lowest BCUT2D eigenvalue weighted by Gasteiger charge is -2.35. The summed E-state index contributed by atoms with van der Waals surface area (Å²) in [7, 11) is 0. The Morgan fingerprint density at radius 1 is 0.879 bits per heavy atom. The Morgan fingerprint density at radius 2 is 1.39 bits per heavy atom. The highest BCUT2D eigenvalue weighted by atomic mass is 32.1. The molecule has 0 saturated heterocycles. The summed E-state index contributed by atoms with van der Waals surface area (Å²) in [5.74, 6) is 1.27. The molecule has 3 N–H and O–H groups in total. The van der Waals surface area contributed by atoms with Crippen LogP contribution in [0.25, 0.3) is 0 Å². The van der Waals surface area contributed by atoms with E-state index in [4.69, 9.17) is 12.6 Å². The number of hydrogen-bond donors (Lipinski definition) is 4. The summed E-state index contributed by atoms with van der Waals surface area (Å²) in [6, 6.07) is 0. The Hall–Kier alpha value is -0.0300. The minimum absolute atomic E-state index is 0.255. The van der Waals surface area contributed by atoms with Crippen LogP contribution in [-0.2, 0) is 0 Å². The van der Waals surface area contributed by atoms with Crippen LogP contribution in [0, 0.1) is 17.8 Å². The Morgan fingerprint density at radius 3 is 1.94 bits per heavy atom. The van der Waals surface area contributed by atoms with Gasteiger partial charge < -0.3 is 15.3 Å². The molecule has 0 aromatic carbocycles. The first-order valence-corrected chi connectivity index (χ1v) is 14.4. The fourth-order valence-corrected chi connectivity index (χ4v) is 5.37. The summed E-state index contributed by atoms with van der Waals surface area (Å²) in [6.07, 6.45) is 13.5. The fraction of sp³-hybridized carbons (Fsp3) is 0.931. The van der Waals surface area contributed by atoms with Gasteiger partial charge in [-0.1, -0.05) is 85.3 Å². The summed E-state index contributed by atoms with van der Waals surface area (Å²) in [6.45, 7) is 16.7. The van der Waals surface area contributed by atoms with E-state index in [9.17, 15) is 15.3 Å². The molecule has 33 heavy (non-hydrogen) atoms. The molecule has 1 rings (SSSR count). The SMILES string of the molecule is CC.CCCCCC(C)(O)CCCC(C)(O)CCCC(C)CCC1=CC(O)C(C)C(C)C1S. The first kappa shape index (κ1) is 33.0. The lowest BCUT2D eigenvalue weighted by molar-refractivity contribution is 0.0107. The van der Waals surface area contributed by atoms with Crippen LogP contribution in [0.4, 0.5) is 0 Å². The average Bonchev–Trinajstić information content (AvgIpc) is 2.75. The number of unbranched alkanes of at least 4 members (excludes halogenated alkanes) is 2. The molecule has 3 nitrogen and oxygen atoms in total. The van der Waals surface area contributed by atoms with E-state index < -0.39 is 11.2 Å². The molecule has 0 heterocycles. The molecule has 0 aromatic rings. The molecule has 7 unspecified atom stereocenters. The normalized spacial score (nSPS) is 27.6. The maximum Gasteiger partial charge on any atom is 0.0752 e. The van der Waals surface area contributed by atoms with Gasteiger partial charge in [-0.15, -0.1) is 0 Å². The van der Waals surface area contributed by atoms with E-state index in [0.29, 0.717) is 11.8 Å². The van der Waals surface area contributed by atoms with Gasteiger partial charge in [0.15, 0.2) is 0 Å². The minimum Gasteiger partial charge on any atom is -0.390 e. The number of rotatable bonds is 15. The molecular formula is C29H58O3S. The predicted molar refractivity (Wildman–Crippen MR) is 148 cm³/mol. The van der Waals surface area contributed by atoms with Crippen molar-refractivity contribution in [2.45, 2.75) is 155 Å². The largest absolute Gasteiger partial charge is 0.390 e. The highest BCUT2D eigenvalue weighted by Gasteiger charge is 2.32. The van der Waals surface area contributed by atoms with Crippen molar-refractivity contribution in [3.63, 3.8) is 0 Å². The Bertz CT molecular complexity index is 529. The first-order valence-electron chi connectivity index (χ1n) is 13.9. The topological polar surface area (TPSA) is 60.7 Å². The molecule has 7 atom stereocenters. The van der Waals surface area contributed by atoms with Crippen LogP contribution in [0.1, 0.15) is 132 Å². The van der Waals surface area contributed by atoms with E-state index in [0.717, 1.165) is 64.2 Å².